The minimum Gasteiger partial charge on any atom is -0.380 e. The number of rotatable bonds is 7. The Bertz CT molecular complexity index is 830. The van der Waals surface area contributed by atoms with E-state index in [1.54, 1.807) is 31.4 Å². The predicted molar refractivity (Wildman–Crippen MR) is 99.6 cm³/mol. The molecule has 1 heterocycles. The van der Waals surface area contributed by atoms with Gasteiger partial charge in [0.1, 0.15) is 0 Å². The minimum absolute atomic E-state index is 0.141. The maximum atomic E-state index is 12.3. The lowest BCUT2D eigenvalue weighted by molar-refractivity contribution is -0.139. The molecule has 0 aliphatic carbocycles. The van der Waals surface area contributed by atoms with Crippen LogP contribution in [0.15, 0.2) is 48.5 Å². The first-order valence-corrected chi connectivity index (χ1v) is 8.84. The fraction of sp³-hybridized carbons (Fsp3) is 0.286. The molecule has 2 aromatic carbocycles. The first-order valence-electron chi connectivity index (χ1n) is 8.84. The number of hydrogen-bond acceptors (Lipinski definition) is 4. The van der Waals surface area contributed by atoms with Gasteiger partial charge in [0.05, 0.1) is 13.2 Å². The molecule has 140 valence electrons. The molecule has 1 aliphatic rings. The SMILES string of the molecule is COCc1cccc(CNC(=O)c2ccc(CN3C(=O)CCC3=O)cc2)c1. The van der Waals surface area contributed by atoms with Gasteiger partial charge in [-0.1, -0.05) is 36.4 Å². The molecule has 1 saturated heterocycles. The highest BCUT2D eigenvalue weighted by molar-refractivity contribution is 6.01. The Kier molecular flexibility index (Phi) is 5.98. The second-order valence-corrected chi connectivity index (χ2v) is 6.51. The van der Waals surface area contributed by atoms with Crippen LogP contribution in [-0.4, -0.2) is 29.7 Å². The van der Waals surface area contributed by atoms with E-state index in [4.69, 9.17) is 4.74 Å². The number of benzene rings is 2. The third-order valence-corrected chi connectivity index (χ3v) is 4.47. The Morgan fingerprint density at radius 2 is 1.67 bits per heavy atom. The van der Waals surface area contributed by atoms with Gasteiger partial charge >= 0.3 is 0 Å². The number of hydrogen-bond donors (Lipinski definition) is 1. The molecule has 0 spiro atoms. The molecule has 0 atom stereocenters. The van der Waals surface area contributed by atoms with Crippen molar-refractivity contribution in [3.8, 4) is 0 Å². The van der Waals surface area contributed by atoms with E-state index in [1.807, 2.05) is 24.3 Å². The molecule has 3 amide bonds. The molecule has 27 heavy (non-hydrogen) atoms. The average Bonchev–Trinajstić information content (AvgIpc) is 2.99. The maximum absolute atomic E-state index is 12.3. The van der Waals surface area contributed by atoms with Crippen molar-refractivity contribution >= 4 is 17.7 Å². The molecule has 3 rings (SSSR count). The van der Waals surface area contributed by atoms with Crippen LogP contribution >= 0.6 is 0 Å². The second-order valence-electron chi connectivity index (χ2n) is 6.51. The summed E-state index contributed by atoms with van der Waals surface area (Å²) >= 11 is 0. The summed E-state index contributed by atoms with van der Waals surface area (Å²) in [4.78, 5) is 37.0. The van der Waals surface area contributed by atoms with Gasteiger partial charge in [-0.15, -0.1) is 0 Å². The van der Waals surface area contributed by atoms with E-state index in [9.17, 15) is 14.4 Å². The Hall–Kier alpha value is -2.99. The highest BCUT2D eigenvalue weighted by Gasteiger charge is 2.28. The zero-order valence-electron chi connectivity index (χ0n) is 15.2. The smallest absolute Gasteiger partial charge is 0.251 e. The van der Waals surface area contributed by atoms with Gasteiger partial charge in [-0.3, -0.25) is 19.3 Å². The van der Waals surface area contributed by atoms with Crippen LogP contribution in [0.1, 0.15) is 39.9 Å². The van der Waals surface area contributed by atoms with Crippen molar-refractivity contribution in [1.29, 1.82) is 0 Å². The molecule has 6 nitrogen and oxygen atoms in total. The molecule has 1 aliphatic heterocycles. The summed E-state index contributed by atoms with van der Waals surface area (Å²) in [7, 11) is 1.65. The Morgan fingerprint density at radius 1 is 1.00 bits per heavy atom. The number of amides is 3. The fourth-order valence-electron chi connectivity index (χ4n) is 3.02. The summed E-state index contributed by atoms with van der Waals surface area (Å²) < 4.78 is 5.12. The third-order valence-electron chi connectivity index (χ3n) is 4.47. The molecule has 0 unspecified atom stereocenters. The maximum Gasteiger partial charge on any atom is 0.251 e. The van der Waals surface area contributed by atoms with E-state index in [1.165, 1.54) is 4.90 Å². The highest BCUT2D eigenvalue weighted by atomic mass is 16.5. The molecule has 1 fully saturated rings. The summed E-state index contributed by atoms with van der Waals surface area (Å²) in [6.45, 7) is 1.21. The van der Waals surface area contributed by atoms with Crippen molar-refractivity contribution < 1.29 is 19.1 Å². The Morgan fingerprint density at radius 3 is 2.33 bits per heavy atom. The van der Waals surface area contributed by atoms with Gasteiger partial charge in [0.2, 0.25) is 11.8 Å². The summed E-state index contributed by atoms with van der Waals surface area (Å²) in [5.74, 6) is -0.456. The standard InChI is InChI=1S/C21H22N2O4/c1-27-14-17-4-2-3-16(11-17)12-22-21(26)18-7-5-15(6-8-18)13-23-19(24)9-10-20(23)25/h2-8,11H,9-10,12-14H2,1H3,(H,22,26). The van der Waals surface area contributed by atoms with Crippen molar-refractivity contribution in [2.45, 2.75) is 32.5 Å². The highest BCUT2D eigenvalue weighted by Crippen LogP contribution is 2.16. The van der Waals surface area contributed by atoms with E-state index in [0.717, 1.165) is 16.7 Å². The molecule has 0 bridgehead atoms. The van der Waals surface area contributed by atoms with E-state index in [-0.39, 0.29) is 37.1 Å². The topological polar surface area (TPSA) is 75.7 Å². The van der Waals surface area contributed by atoms with E-state index < -0.39 is 0 Å². The lowest BCUT2D eigenvalue weighted by Gasteiger charge is -2.14. The van der Waals surface area contributed by atoms with Crippen molar-refractivity contribution in [2.75, 3.05) is 7.11 Å². The first kappa shape index (κ1) is 18.8. The molecule has 0 aromatic heterocycles. The van der Waals surface area contributed by atoms with Crippen LogP contribution in [0.25, 0.3) is 0 Å². The van der Waals surface area contributed by atoms with Crippen LogP contribution in [0.4, 0.5) is 0 Å². The van der Waals surface area contributed by atoms with Crippen LogP contribution in [-0.2, 0) is 34.0 Å². The van der Waals surface area contributed by atoms with Gasteiger partial charge in [-0.2, -0.15) is 0 Å². The number of likely N-dealkylation sites (tertiary alicyclic amines) is 1. The number of methoxy groups -OCH3 is 1. The average molecular weight is 366 g/mol. The second kappa shape index (κ2) is 8.60. The fourth-order valence-corrected chi connectivity index (χ4v) is 3.02. The van der Waals surface area contributed by atoms with Gasteiger partial charge in [0, 0.05) is 32.1 Å². The van der Waals surface area contributed by atoms with Gasteiger partial charge in [0.25, 0.3) is 5.91 Å². The van der Waals surface area contributed by atoms with Crippen molar-refractivity contribution in [2.24, 2.45) is 0 Å². The van der Waals surface area contributed by atoms with Gasteiger partial charge < -0.3 is 10.1 Å². The first-order chi connectivity index (χ1) is 13.1. The van der Waals surface area contributed by atoms with E-state index in [0.29, 0.717) is 18.7 Å². The van der Waals surface area contributed by atoms with Crippen LogP contribution in [0.3, 0.4) is 0 Å². The molecule has 0 radical (unpaired) electrons. The molecular weight excluding hydrogens is 344 g/mol. The monoisotopic (exact) mass is 366 g/mol. The van der Waals surface area contributed by atoms with Gasteiger partial charge in [-0.25, -0.2) is 0 Å². The van der Waals surface area contributed by atoms with Gasteiger partial charge in [0.15, 0.2) is 0 Å². The summed E-state index contributed by atoms with van der Waals surface area (Å²) in [5.41, 5.74) is 3.41. The van der Waals surface area contributed by atoms with E-state index in [2.05, 4.69) is 5.32 Å². The van der Waals surface area contributed by atoms with Crippen LogP contribution < -0.4 is 5.32 Å². The third kappa shape index (κ3) is 4.80. The molecule has 2 aromatic rings. The Labute approximate surface area is 158 Å². The van der Waals surface area contributed by atoms with Crippen molar-refractivity contribution in [1.82, 2.24) is 10.2 Å². The molecular formula is C21H22N2O4. The lowest BCUT2D eigenvalue weighted by Crippen LogP contribution is -2.28. The zero-order chi connectivity index (χ0) is 19.2. The van der Waals surface area contributed by atoms with Gasteiger partial charge in [-0.05, 0) is 28.8 Å². The Balaban J connectivity index is 1.56. The molecule has 6 heteroatoms. The number of nitrogens with zero attached hydrogens (tertiary/aromatic N) is 1. The lowest BCUT2D eigenvalue weighted by atomic mass is 10.1. The summed E-state index contributed by atoms with van der Waals surface area (Å²) in [6.07, 6.45) is 0.565. The van der Waals surface area contributed by atoms with Crippen LogP contribution in [0, 0.1) is 0 Å². The normalized spacial score (nSPS) is 13.9. The quantitative estimate of drug-likeness (QED) is 0.764. The van der Waals surface area contributed by atoms with Crippen LogP contribution in [0.5, 0.6) is 0 Å². The number of carbonyl (C=O) groups is 3. The van der Waals surface area contributed by atoms with Crippen molar-refractivity contribution in [3.63, 3.8) is 0 Å². The predicted octanol–water partition coefficient (Wildman–Crippen LogP) is 2.41. The van der Waals surface area contributed by atoms with E-state index >= 15 is 0 Å². The van der Waals surface area contributed by atoms with Crippen molar-refractivity contribution in [3.05, 3.63) is 70.8 Å². The number of imide groups is 1. The number of ether oxygens (including phenoxy) is 1. The number of carbonyl (C=O) groups excluding carboxylic acids is 3. The minimum atomic E-state index is -0.174. The molecule has 1 N–H and O–H groups in total. The van der Waals surface area contributed by atoms with Crippen LogP contribution in [0.2, 0.25) is 0 Å². The summed E-state index contributed by atoms with van der Waals surface area (Å²) in [6, 6.07) is 14.8. The summed E-state index contributed by atoms with van der Waals surface area (Å²) in [5, 5.41) is 2.89. The molecule has 0 saturated carbocycles. The zero-order valence-corrected chi connectivity index (χ0v) is 15.2. The number of nitrogens with one attached hydrogen (secondary N) is 1. The largest absolute Gasteiger partial charge is 0.380 e.